The van der Waals surface area contributed by atoms with Gasteiger partial charge in [-0.2, -0.15) is 5.10 Å². The fourth-order valence-electron chi connectivity index (χ4n) is 0.710. The Morgan fingerprint density at radius 1 is 1.62 bits per heavy atom. The lowest BCUT2D eigenvalue weighted by Gasteiger charge is -1.98. The van der Waals surface area contributed by atoms with Crippen LogP contribution in [0.25, 0.3) is 5.95 Å². The molecule has 0 N–H and O–H groups in total. The molecule has 0 atom stereocenters. The van der Waals surface area contributed by atoms with Crippen molar-refractivity contribution in [3.8, 4) is 5.95 Å². The average molecular weight is 246 g/mol. The molecule has 2 aromatic rings. The number of hydrogen-bond donors (Lipinski definition) is 0. The SMILES string of the molecule is [2H]c1nc(-n2nc(Br)c([2H])c2[2H])nc(C([2H])([2H])[2H])c1[2H]. The Labute approximate surface area is 93.6 Å². The lowest BCUT2D eigenvalue weighted by atomic mass is 10.5. The molecule has 2 rings (SSSR count). The van der Waals surface area contributed by atoms with Gasteiger partial charge >= 0.3 is 0 Å². The molecule has 13 heavy (non-hydrogen) atoms. The Kier molecular flexibility index (Phi) is 0.875. The van der Waals surface area contributed by atoms with E-state index in [1.165, 1.54) is 0 Å². The van der Waals surface area contributed by atoms with E-state index in [0.717, 1.165) is 4.68 Å². The summed E-state index contributed by atoms with van der Waals surface area (Å²) in [5.41, 5.74) is -0.593. The molecule has 0 spiro atoms. The van der Waals surface area contributed by atoms with E-state index in [4.69, 9.17) is 9.60 Å². The highest BCUT2D eigenvalue weighted by Crippen LogP contribution is 2.07. The van der Waals surface area contributed by atoms with Crippen LogP contribution >= 0.6 is 15.9 Å². The third-order valence-corrected chi connectivity index (χ3v) is 1.54. The monoisotopic (exact) mass is 245 g/mol. The summed E-state index contributed by atoms with van der Waals surface area (Å²) < 4.78 is 53.0. The fraction of sp³-hybridized carbons (Fsp3) is 0.125. The molecule has 66 valence electrons. The van der Waals surface area contributed by atoms with Crippen molar-refractivity contribution in [3.63, 3.8) is 0 Å². The van der Waals surface area contributed by atoms with Crippen LogP contribution < -0.4 is 0 Å². The highest BCUT2D eigenvalue weighted by Gasteiger charge is 2.00. The van der Waals surface area contributed by atoms with Crippen LogP contribution in [0.3, 0.4) is 0 Å². The van der Waals surface area contributed by atoms with Crippen LogP contribution in [-0.2, 0) is 0 Å². The highest BCUT2D eigenvalue weighted by atomic mass is 79.9. The molecular formula is C8H7BrN4. The van der Waals surface area contributed by atoms with Crippen LogP contribution in [0, 0.1) is 6.85 Å². The predicted molar refractivity (Wildman–Crippen MR) is 51.6 cm³/mol. The van der Waals surface area contributed by atoms with Crippen LogP contribution in [0.4, 0.5) is 0 Å². The third-order valence-electron chi connectivity index (χ3n) is 1.18. The van der Waals surface area contributed by atoms with Crippen molar-refractivity contribution < 1.29 is 9.60 Å². The van der Waals surface area contributed by atoms with Crippen molar-refractivity contribution in [2.24, 2.45) is 0 Å². The highest BCUT2D eigenvalue weighted by molar-refractivity contribution is 9.10. The quantitative estimate of drug-likeness (QED) is 0.769. The zero-order valence-electron chi connectivity index (χ0n) is 13.2. The zero-order chi connectivity index (χ0) is 15.2. The van der Waals surface area contributed by atoms with E-state index in [1.54, 1.807) is 0 Å². The minimum Gasteiger partial charge on any atom is -0.220 e. The summed E-state index contributed by atoms with van der Waals surface area (Å²) in [6.07, 6.45) is -0.941. The van der Waals surface area contributed by atoms with Crippen LogP contribution in [0.2, 0.25) is 0 Å². The summed E-state index contributed by atoms with van der Waals surface area (Å²) in [5, 5.41) is 3.78. The minimum absolute atomic E-state index is 0.0722. The summed E-state index contributed by atoms with van der Waals surface area (Å²) >= 11 is 2.97. The normalized spacial score (nSPS) is 19.0. The van der Waals surface area contributed by atoms with Crippen molar-refractivity contribution >= 4 is 15.9 Å². The van der Waals surface area contributed by atoms with Gasteiger partial charge in [-0.25, -0.2) is 14.6 Å². The van der Waals surface area contributed by atoms with E-state index in [0.29, 0.717) is 0 Å². The van der Waals surface area contributed by atoms with Crippen LogP contribution in [0.1, 0.15) is 15.3 Å². The van der Waals surface area contributed by atoms with Crippen LogP contribution in [0.5, 0.6) is 0 Å². The second-order valence-corrected chi connectivity index (χ2v) is 2.80. The third kappa shape index (κ3) is 1.75. The number of nitrogens with zero attached hydrogens (tertiary/aromatic N) is 4. The molecule has 0 fully saturated rings. The van der Waals surface area contributed by atoms with Gasteiger partial charge in [0.1, 0.15) is 4.60 Å². The van der Waals surface area contributed by atoms with Crippen molar-refractivity contribution in [1.29, 1.82) is 0 Å². The fourth-order valence-corrected chi connectivity index (χ4v) is 0.957. The van der Waals surface area contributed by atoms with Gasteiger partial charge in [-0.15, -0.1) is 0 Å². The predicted octanol–water partition coefficient (Wildman–Crippen LogP) is 1.73. The lowest BCUT2D eigenvalue weighted by Crippen LogP contribution is -2.01. The standard InChI is InChI=1S/C8H7BrN4/c1-6-2-4-10-8(11-6)13-5-3-7(9)12-13/h2-5H,1H3/i1D3,2D,3D,4D,5D. The van der Waals surface area contributed by atoms with Gasteiger partial charge in [-0.3, -0.25) is 0 Å². The Balaban J connectivity index is 2.70. The number of halogens is 1. The number of aromatic nitrogens is 4. The van der Waals surface area contributed by atoms with Gasteiger partial charge in [0.2, 0.25) is 0 Å². The number of hydrogen-bond acceptors (Lipinski definition) is 3. The van der Waals surface area contributed by atoms with Crippen LogP contribution in [-0.4, -0.2) is 19.7 Å². The zero-order valence-corrected chi connectivity index (χ0v) is 7.75. The Morgan fingerprint density at radius 3 is 3.23 bits per heavy atom. The Bertz CT molecular complexity index is 680. The molecule has 2 heterocycles. The topological polar surface area (TPSA) is 43.6 Å². The first kappa shape index (κ1) is 3.49. The molecule has 0 unspecified atom stereocenters. The molecule has 2 aromatic heterocycles. The maximum atomic E-state index is 7.66. The van der Waals surface area contributed by atoms with Crippen molar-refractivity contribution in [3.05, 3.63) is 34.7 Å². The first-order valence-corrected chi connectivity index (χ1v) is 4.00. The summed E-state index contributed by atoms with van der Waals surface area (Å²) in [4.78, 5) is 7.31. The number of rotatable bonds is 1. The van der Waals surface area contributed by atoms with E-state index in [9.17, 15) is 0 Å². The molecule has 0 aromatic carbocycles. The summed E-state index contributed by atoms with van der Waals surface area (Å²) in [6.45, 7) is -2.68. The van der Waals surface area contributed by atoms with E-state index in [-0.39, 0.29) is 22.8 Å². The van der Waals surface area contributed by atoms with Gasteiger partial charge in [-0.1, -0.05) is 0 Å². The Hall–Kier alpha value is -1.23. The van der Waals surface area contributed by atoms with E-state index >= 15 is 0 Å². The molecule has 0 aliphatic carbocycles. The second-order valence-electron chi connectivity index (χ2n) is 2.05. The molecule has 0 saturated carbocycles. The molecule has 0 saturated heterocycles. The molecule has 0 aliphatic heterocycles. The van der Waals surface area contributed by atoms with E-state index in [2.05, 4.69) is 31.0 Å². The summed E-state index contributed by atoms with van der Waals surface area (Å²) in [7, 11) is 0. The van der Waals surface area contributed by atoms with E-state index in [1.807, 2.05) is 0 Å². The van der Waals surface area contributed by atoms with Gasteiger partial charge in [-0.05, 0) is 34.9 Å². The van der Waals surface area contributed by atoms with Gasteiger partial charge in [0.25, 0.3) is 5.95 Å². The maximum Gasteiger partial charge on any atom is 0.250 e. The smallest absolute Gasteiger partial charge is 0.220 e. The molecule has 5 heteroatoms. The first-order chi connectivity index (χ1) is 9.12. The maximum absolute atomic E-state index is 7.66. The molecule has 0 amide bonds. The molecule has 0 aliphatic rings. The summed E-state index contributed by atoms with van der Waals surface area (Å²) in [5.74, 6) is -0.332. The molecule has 0 radical (unpaired) electrons. The lowest BCUT2D eigenvalue weighted by molar-refractivity contribution is 0.794. The van der Waals surface area contributed by atoms with Crippen molar-refractivity contribution in [2.75, 3.05) is 0 Å². The second kappa shape index (κ2) is 3.26. The van der Waals surface area contributed by atoms with E-state index < -0.39 is 24.8 Å². The largest absolute Gasteiger partial charge is 0.250 e. The molecular weight excluding hydrogens is 232 g/mol. The van der Waals surface area contributed by atoms with Crippen molar-refractivity contribution in [1.82, 2.24) is 19.7 Å². The minimum atomic E-state index is -2.68. The van der Waals surface area contributed by atoms with Gasteiger partial charge in [0.15, 0.2) is 0 Å². The van der Waals surface area contributed by atoms with Crippen LogP contribution in [0.15, 0.2) is 29.0 Å². The van der Waals surface area contributed by atoms with Gasteiger partial charge in [0, 0.05) is 22.2 Å². The molecule has 0 bridgehead atoms. The van der Waals surface area contributed by atoms with Gasteiger partial charge in [0.05, 0.1) is 5.48 Å². The molecule has 4 nitrogen and oxygen atoms in total. The van der Waals surface area contributed by atoms with Gasteiger partial charge < -0.3 is 0 Å². The average Bonchev–Trinajstić information content (AvgIpc) is 2.59. The number of aryl methyl sites for hydroxylation is 1. The van der Waals surface area contributed by atoms with Crippen molar-refractivity contribution in [2.45, 2.75) is 6.85 Å². The first-order valence-electron chi connectivity index (χ1n) is 6.70. The Morgan fingerprint density at radius 2 is 2.54 bits per heavy atom. The summed E-state index contributed by atoms with van der Waals surface area (Å²) in [6, 6.07) is -0.817.